The molecular weight excluding hydrogens is 288 g/mol. The van der Waals surface area contributed by atoms with Gasteiger partial charge in [-0.1, -0.05) is 0 Å². The quantitative estimate of drug-likeness (QED) is 0.849. The molecular formula is C15H24N2O3S. The number of benzene rings is 1. The van der Waals surface area contributed by atoms with Crippen molar-refractivity contribution in [2.75, 3.05) is 34.3 Å². The maximum Gasteiger partial charge on any atom is 0.243 e. The molecule has 1 heterocycles. The van der Waals surface area contributed by atoms with Crippen LogP contribution in [0.2, 0.25) is 0 Å². The molecule has 0 aliphatic carbocycles. The van der Waals surface area contributed by atoms with E-state index in [4.69, 9.17) is 4.74 Å². The molecule has 0 amide bonds. The fourth-order valence-corrected chi connectivity index (χ4v) is 4.32. The van der Waals surface area contributed by atoms with E-state index >= 15 is 0 Å². The van der Waals surface area contributed by atoms with Crippen LogP contribution in [0.25, 0.3) is 0 Å². The molecule has 1 fully saturated rings. The molecule has 0 saturated carbocycles. The summed E-state index contributed by atoms with van der Waals surface area (Å²) in [5.41, 5.74) is 0.833. The summed E-state index contributed by atoms with van der Waals surface area (Å²) >= 11 is 0. The van der Waals surface area contributed by atoms with Gasteiger partial charge in [0.05, 0.1) is 12.0 Å². The van der Waals surface area contributed by atoms with Gasteiger partial charge in [0.15, 0.2) is 0 Å². The number of sulfonamides is 1. The van der Waals surface area contributed by atoms with Gasteiger partial charge < -0.3 is 9.64 Å². The Hall–Kier alpha value is -1.11. The van der Waals surface area contributed by atoms with Crippen molar-refractivity contribution in [3.8, 4) is 5.75 Å². The van der Waals surface area contributed by atoms with Crippen molar-refractivity contribution >= 4 is 10.0 Å². The normalized spacial score (nSPS) is 20.7. The number of hydrogen-bond donors (Lipinski definition) is 0. The Balaban J connectivity index is 2.27. The van der Waals surface area contributed by atoms with Crippen LogP contribution in [0.3, 0.4) is 0 Å². The van der Waals surface area contributed by atoms with Crippen LogP contribution in [0.5, 0.6) is 5.75 Å². The van der Waals surface area contributed by atoms with Crippen molar-refractivity contribution in [2.45, 2.75) is 30.7 Å². The molecule has 1 aromatic rings. The SMILES string of the molecule is COc1ccc(S(=O)(=O)N2CCCC(N(C)C)C2)cc1C. The molecule has 1 atom stereocenters. The van der Waals surface area contributed by atoms with Gasteiger partial charge in [-0.3, -0.25) is 0 Å². The third-order valence-corrected chi connectivity index (χ3v) is 5.95. The highest BCUT2D eigenvalue weighted by Crippen LogP contribution is 2.26. The van der Waals surface area contributed by atoms with E-state index in [2.05, 4.69) is 4.90 Å². The average molecular weight is 312 g/mol. The lowest BCUT2D eigenvalue weighted by molar-refractivity contribution is 0.190. The van der Waals surface area contributed by atoms with E-state index in [9.17, 15) is 8.42 Å². The molecule has 1 aliphatic rings. The van der Waals surface area contributed by atoms with Crippen LogP contribution < -0.4 is 4.74 Å². The lowest BCUT2D eigenvalue weighted by atomic mass is 10.1. The van der Waals surface area contributed by atoms with Gasteiger partial charge >= 0.3 is 0 Å². The van der Waals surface area contributed by atoms with E-state index in [1.165, 1.54) is 0 Å². The summed E-state index contributed by atoms with van der Waals surface area (Å²) < 4.78 is 32.3. The highest BCUT2D eigenvalue weighted by Gasteiger charge is 2.31. The average Bonchev–Trinajstić information content (AvgIpc) is 2.47. The predicted molar refractivity (Wildman–Crippen MR) is 83.2 cm³/mol. The Kier molecular flexibility index (Phi) is 4.91. The Morgan fingerprint density at radius 2 is 2.05 bits per heavy atom. The van der Waals surface area contributed by atoms with Crippen LogP contribution >= 0.6 is 0 Å². The van der Waals surface area contributed by atoms with E-state index < -0.39 is 10.0 Å². The first-order valence-electron chi connectivity index (χ1n) is 7.17. The van der Waals surface area contributed by atoms with Crippen molar-refractivity contribution in [3.05, 3.63) is 23.8 Å². The van der Waals surface area contributed by atoms with E-state index in [1.807, 2.05) is 21.0 Å². The van der Waals surface area contributed by atoms with Crippen molar-refractivity contribution in [3.63, 3.8) is 0 Å². The number of ether oxygens (including phenoxy) is 1. The first kappa shape index (κ1) is 16.3. The van der Waals surface area contributed by atoms with E-state index in [-0.39, 0.29) is 6.04 Å². The minimum absolute atomic E-state index is 0.285. The van der Waals surface area contributed by atoms with Crippen LogP contribution in [0, 0.1) is 6.92 Å². The summed E-state index contributed by atoms with van der Waals surface area (Å²) in [6.07, 6.45) is 1.94. The van der Waals surface area contributed by atoms with Crippen LogP contribution in [-0.4, -0.2) is 58.0 Å². The van der Waals surface area contributed by atoms with Gasteiger partial charge in [-0.2, -0.15) is 4.31 Å². The molecule has 21 heavy (non-hydrogen) atoms. The Morgan fingerprint density at radius 1 is 1.33 bits per heavy atom. The molecule has 0 radical (unpaired) electrons. The third kappa shape index (κ3) is 3.39. The fraction of sp³-hybridized carbons (Fsp3) is 0.600. The lowest BCUT2D eigenvalue weighted by Crippen LogP contribution is -2.47. The third-order valence-electron chi connectivity index (χ3n) is 4.09. The standard InChI is InChI=1S/C15H24N2O3S/c1-12-10-14(7-8-15(12)20-4)21(18,19)17-9-5-6-13(11-17)16(2)3/h7-8,10,13H,5-6,9,11H2,1-4H3. The van der Waals surface area contributed by atoms with Crippen molar-refractivity contribution < 1.29 is 13.2 Å². The molecule has 1 aromatic carbocycles. The maximum atomic E-state index is 12.8. The summed E-state index contributed by atoms with van der Waals surface area (Å²) in [7, 11) is 2.16. The number of methoxy groups -OCH3 is 1. The van der Waals surface area contributed by atoms with Crippen LogP contribution in [0.1, 0.15) is 18.4 Å². The number of aryl methyl sites for hydroxylation is 1. The van der Waals surface area contributed by atoms with Gasteiger partial charge in [0.25, 0.3) is 0 Å². The molecule has 6 heteroatoms. The zero-order valence-electron chi connectivity index (χ0n) is 13.2. The smallest absolute Gasteiger partial charge is 0.243 e. The molecule has 1 saturated heterocycles. The second-order valence-corrected chi connectivity index (χ2v) is 7.69. The maximum absolute atomic E-state index is 12.8. The number of likely N-dealkylation sites (N-methyl/N-ethyl adjacent to an activating group) is 1. The molecule has 0 bridgehead atoms. The van der Waals surface area contributed by atoms with Crippen LogP contribution in [0.4, 0.5) is 0 Å². The van der Waals surface area contributed by atoms with E-state index in [1.54, 1.807) is 29.6 Å². The van der Waals surface area contributed by atoms with Crippen molar-refractivity contribution in [1.29, 1.82) is 0 Å². The molecule has 1 aliphatic heterocycles. The lowest BCUT2D eigenvalue weighted by Gasteiger charge is -2.35. The van der Waals surface area contributed by atoms with Gasteiger partial charge in [0.1, 0.15) is 5.75 Å². The van der Waals surface area contributed by atoms with Crippen LogP contribution in [-0.2, 0) is 10.0 Å². The zero-order valence-corrected chi connectivity index (χ0v) is 14.0. The second-order valence-electron chi connectivity index (χ2n) is 5.75. The predicted octanol–water partition coefficient (Wildman–Crippen LogP) is 1.72. The summed E-state index contributed by atoms with van der Waals surface area (Å²) in [5.74, 6) is 0.707. The highest BCUT2D eigenvalue weighted by molar-refractivity contribution is 7.89. The van der Waals surface area contributed by atoms with E-state index in [0.717, 1.165) is 18.4 Å². The molecule has 0 aromatic heterocycles. The summed E-state index contributed by atoms with van der Waals surface area (Å²) in [5, 5.41) is 0. The second kappa shape index (κ2) is 6.34. The van der Waals surface area contributed by atoms with Crippen LogP contribution in [0.15, 0.2) is 23.1 Å². The van der Waals surface area contributed by atoms with Crippen molar-refractivity contribution in [2.24, 2.45) is 0 Å². The molecule has 5 nitrogen and oxygen atoms in total. The summed E-state index contributed by atoms with van der Waals surface area (Å²) in [6, 6.07) is 5.32. The number of nitrogens with zero attached hydrogens (tertiary/aromatic N) is 2. The molecule has 1 unspecified atom stereocenters. The molecule has 0 spiro atoms. The first-order valence-corrected chi connectivity index (χ1v) is 8.61. The summed E-state index contributed by atoms with van der Waals surface area (Å²) in [6.45, 7) is 3.01. The van der Waals surface area contributed by atoms with Crippen molar-refractivity contribution in [1.82, 2.24) is 9.21 Å². The van der Waals surface area contributed by atoms with Gasteiger partial charge in [-0.05, 0) is 57.6 Å². The first-order chi connectivity index (χ1) is 9.86. The molecule has 2 rings (SSSR count). The zero-order chi connectivity index (χ0) is 15.6. The minimum Gasteiger partial charge on any atom is -0.496 e. The number of hydrogen-bond acceptors (Lipinski definition) is 4. The topological polar surface area (TPSA) is 49.9 Å². The Labute approximate surface area is 127 Å². The monoisotopic (exact) mass is 312 g/mol. The largest absolute Gasteiger partial charge is 0.496 e. The van der Waals surface area contributed by atoms with Gasteiger partial charge in [-0.15, -0.1) is 0 Å². The van der Waals surface area contributed by atoms with E-state index in [0.29, 0.717) is 23.7 Å². The van der Waals surface area contributed by atoms with Gasteiger partial charge in [0.2, 0.25) is 10.0 Å². The Morgan fingerprint density at radius 3 is 2.62 bits per heavy atom. The molecule has 118 valence electrons. The highest BCUT2D eigenvalue weighted by atomic mass is 32.2. The minimum atomic E-state index is -3.42. The van der Waals surface area contributed by atoms with Gasteiger partial charge in [-0.25, -0.2) is 8.42 Å². The number of piperidine rings is 1. The molecule has 0 N–H and O–H groups in total. The van der Waals surface area contributed by atoms with Gasteiger partial charge in [0, 0.05) is 19.1 Å². The number of rotatable bonds is 4. The fourth-order valence-electron chi connectivity index (χ4n) is 2.72. The Bertz CT molecular complexity index is 599. The summed E-state index contributed by atoms with van der Waals surface area (Å²) in [4.78, 5) is 2.45.